The minimum Gasteiger partial charge on any atom is -0.297 e. The standard InChI is InChI=1S/C29H32N6/c1-3-10-25(11-4-1)14-9-18-33-20-22-34(23-21-33)24-27-15-7-8-16-28(27)29-30-31-32-35(29)19-17-26-12-5-2-6-13-26/h1-16H,17-24H2. The van der Waals surface area contributed by atoms with Crippen molar-refractivity contribution in [2.45, 2.75) is 19.5 Å². The summed E-state index contributed by atoms with van der Waals surface area (Å²) in [7, 11) is 0. The van der Waals surface area contributed by atoms with Crippen LogP contribution in [0.3, 0.4) is 0 Å². The Morgan fingerprint density at radius 2 is 1.43 bits per heavy atom. The first kappa shape index (κ1) is 23.1. The van der Waals surface area contributed by atoms with E-state index in [9.17, 15) is 0 Å². The van der Waals surface area contributed by atoms with Crippen LogP contribution in [0.25, 0.3) is 17.5 Å². The minimum atomic E-state index is 0.760. The van der Waals surface area contributed by atoms with Gasteiger partial charge in [-0.3, -0.25) is 9.80 Å². The fourth-order valence-corrected chi connectivity index (χ4v) is 4.58. The van der Waals surface area contributed by atoms with Crippen molar-refractivity contribution in [3.63, 3.8) is 0 Å². The molecule has 5 rings (SSSR count). The smallest absolute Gasteiger partial charge is 0.182 e. The number of tetrazole rings is 1. The van der Waals surface area contributed by atoms with Crippen molar-refractivity contribution in [2.24, 2.45) is 0 Å². The van der Waals surface area contributed by atoms with Gasteiger partial charge in [0.1, 0.15) is 0 Å². The van der Waals surface area contributed by atoms with Crippen LogP contribution in [0, 0.1) is 0 Å². The molecule has 0 N–H and O–H groups in total. The summed E-state index contributed by atoms with van der Waals surface area (Å²) in [4.78, 5) is 5.06. The summed E-state index contributed by atoms with van der Waals surface area (Å²) in [6.45, 7) is 6.95. The fourth-order valence-electron chi connectivity index (χ4n) is 4.58. The number of piperazine rings is 1. The average Bonchev–Trinajstić information content (AvgIpc) is 3.38. The maximum Gasteiger partial charge on any atom is 0.182 e. The molecular formula is C29H32N6. The lowest BCUT2D eigenvalue weighted by Crippen LogP contribution is -2.45. The van der Waals surface area contributed by atoms with Crippen LogP contribution in [0.2, 0.25) is 0 Å². The Labute approximate surface area is 207 Å². The van der Waals surface area contributed by atoms with E-state index in [1.54, 1.807) is 0 Å². The first-order chi connectivity index (χ1) is 17.3. The van der Waals surface area contributed by atoms with Crippen molar-refractivity contribution in [3.05, 3.63) is 108 Å². The quantitative estimate of drug-likeness (QED) is 0.367. The van der Waals surface area contributed by atoms with Gasteiger partial charge in [0.05, 0.1) is 0 Å². The van der Waals surface area contributed by atoms with Gasteiger partial charge in [0.25, 0.3) is 0 Å². The van der Waals surface area contributed by atoms with Gasteiger partial charge in [-0.25, -0.2) is 4.68 Å². The van der Waals surface area contributed by atoms with Crippen LogP contribution in [-0.2, 0) is 19.5 Å². The number of aryl methyl sites for hydroxylation is 2. The third-order valence-electron chi connectivity index (χ3n) is 6.58. The predicted octanol–water partition coefficient (Wildman–Crippen LogP) is 4.41. The van der Waals surface area contributed by atoms with Crippen molar-refractivity contribution in [1.82, 2.24) is 30.0 Å². The van der Waals surface area contributed by atoms with Crippen molar-refractivity contribution >= 4 is 6.08 Å². The van der Waals surface area contributed by atoms with Gasteiger partial charge in [-0.1, -0.05) is 97.1 Å². The molecule has 1 aliphatic heterocycles. The van der Waals surface area contributed by atoms with Gasteiger partial charge in [-0.2, -0.15) is 0 Å². The first-order valence-corrected chi connectivity index (χ1v) is 12.4. The van der Waals surface area contributed by atoms with Gasteiger partial charge in [-0.15, -0.1) is 5.10 Å². The average molecular weight is 465 g/mol. The molecule has 0 aliphatic carbocycles. The van der Waals surface area contributed by atoms with E-state index in [0.29, 0.717) is 0 Å². The summed E-state index contributed by atoms with van der Waals surface area (Å²) in [5.41, 5.74) is 4.95. The lowest BCUT2D eigenvalue weighted by Gasteiger charge is -2.34. The van der Waals surface area contributed by atoms with Gasteiger partial charge < -0.3 is 0 Å². The largest absolute Gasteiger partial charge is 0.297 e. The Kier molecular flexibility index (Phi) is 7.73. The maximum atomic E-state index is 4.39. The molecule has 1 fully saturated rings. The highest BCUT2D eigenvalue weighted by atomic mass is 15.5. The van der Waals surface area contributed by atoms with E-state index in [2.05, 4.69) is 116 Å². The maximum absolute atomic E-state index is 4.39. The lowest BCUT2D eigenvalue weighted by molar-refractivity contribution is 0.137. The zero-order valence-electron chi connectivity index (χ0n) is 20.1. The molecule has 3 aromatic carbocycles. The Morgan fingerprint density at radius 1 is 0.743 bits per heavy atom. The molecule has 1 aromatic heterocycles. The van der Waals surface area contributed by atoms with Crippen LogP contribution in [-0.4, -0.2) is 62.7 Å². The van der Waals surface area contributed by atoms with Gasteiger partial charge in [-0.05, 0) is 33.5 Å². The van der Waals surface area contributed by atoms with E-state index in [1.807, 2.05) is 10.7 Å². The van der Waals surface area contributed by atoms with Crippen molar-refractivity contribution in [3.8, 4) is 11.4 Å². The highest BCUT2D eigenvalue weighted by Gasteiger charge is 2.19. The van der Waals surface area contributed by atoms with E-state index < -0.39 is 0 Å². The number of benzene rings is 3. The summed E-state index contributed by atoms with van der Waals surface area (Å²) in [5, 5.41) is 12.7. The molecule has 35 heavy (non-hydrogen) atoms. The van der Waals surface area contributed by atoms with Gasteiger partial charge in [0.15, 0.2) is 5.82 Å². The third kappa shape index (κ3) is 6.29. The van der Waals surface area contributed by atoms with E-state index in [1.165, 1.54) is 16.7 Å². The second-order valence-electron chi connectivity index (χ2n) is 9.01. The molecule has 0 unspecified atom stereocenters. The zero-order valence-corrected chi connectivity index (χ0v) is 20.1. The zero-order chi connectivity index (χ0) is 23.7. The molecule has 0 saturated carbocycles. The van der Waals surface area contributed by atoms with Crippen LogP contribution < -0.4 is 0 Å². The number of nitrogens with zero attached hydrogens (tertiary/aromatic N) is 6. The number of rotatable bonds is 9. The molecular weight excluding hydrogens is 432 g/mol. The van der Waals surface area contributed by atoms with Crippen LogP contribution in [0.15, 0.2) is 91.0 Å². The molecule has 0 bridgehead atoms. The Balaban J connectivity index is 1.18. The van der Waals surface area contributed by atoms with E-state index in [0.717, 1.165) is 63.6 Å². The van der Waals surface area contributed by atoms with E-state index in [-0.39, 0.29) is 0 Å². The number of hydrogen-bond donors (Lipinski definition) is 0. The molecule has 6 heteroatoms. The molecule has 6 nitrogen and oxygen atoms in total. The molecule has 1 aliphatic rings. The summed E-state index contributed by atoms with van der Waals surface area (Å²) < 4.78 is 1.93. The number of hydrogen-bond acceptors (Lipinski definition) is 5. The predicted molar refractivity (Wildman–Crippen MR) is 141 cm³/mol. The molecule has 4 aromatic rings. The highest BCUT2D eigenvalue weighted by molar-refractivity contribution is 5.59. The first-order valence-electron chi connectivity index (χ1n) is 12.4. The molecule has 1 saturated heterocycles. The van der Waals surface area contributed by atoms with Crippen molar-refractivity contribution in [2.75, 3.05) is 32.7 Å². The third-order valence-corrected chi connectivity index (χ3v) is 6.58. The minimum absolute atomic E-state index is 0.760. The Hall–Kier alpha value is -3.61. The second kappa shape index (κ2) is 11.7. The molecule has 0 spiro atoms. The van der Waals surface area contributed by atoms with Crippen LogP contribution in [0.1, 0.15) is 16.7 Å². The summed E-state index contributed by atoms with van der Waals surface area (Å²) in [6.07, 6.45) is 5.39. The topological polar surface area (TPSA) is 50.1 Å². The van der Waals surface area contributed by atoms with Crippen LogP contribution in [0.4, 0.5) is 0 Å². The fraction of sp³-hybridized carbons (Fsp3) is 0.276. The van der Waals surface area contributed by atoms with Crippen molar-refractivity contribution < 1.29 is 0 Å². The monoisotopic (exact) mass is 464 g/mol. The molecule has 0 amide bonds. The van der Waals surface area contributed by atoms with Crippen LogP contribution in [0.5, 0.6) is 0 Å². The van der Waals surface area contributed by atoms with E-state index in [4.69, 9.17) is 0 Å². The lowest BCUT2D eigenvalue weighted by atomic mass is 10.1. The van der Waals surface area contributed by atoms with Gasteiger partial charge >= 0.3 is 0 Å². The molecule has 0 atom stereocenters. The van der Waals surface area contributed by atoms with E-state index >= 15 is 0 Å². The Morgan fingerprint density at radius 3 is 2.23 bits per heavy atom. The number of aromatic nitrogens is 4. The Bertz CT molecular complexity index is 1210. The van der Waals surface area contributed by atoms with Crippen LogP contribution >= 0.6 is 0 Å². The van der Waals surface area contributed by atoms with Crippen molar-refractivity contribution in [1.29, 1.82) is 0 Å². The molecule has 0 radical (unpaired) electrons. The highest BCUT2D eigenvalue weighted by Crippen LogP contribution is 2.23. The molecule has 178 valence electrons. The second-order valence-corrected chi connectivity index (χ2v) is 9.01. The SMILES string of the molecule is C(=Cc1ccccc1)CN1CCN(Cc2ccccc2-c2nnnn2CCc2ccccc2)CC1. The van der Waals surface area contributed by atoms with Gasteiger partial charge in [0.2, 0.25) is 0 Å². The summed E-state index contributed by atoms with van der Waals surface area (Å²) in [5.74, 6) is 0.848. The molecule has 2 heterocycles. The summed E-state index contributed by atoms with van der Waals surface area (Å²) in [6, 6.07) is 29.5. The normalized spacial score (nSPS) is 15.1. The van der Waals surface area contributed by atoms with Gasteiger partial charge in [0, 0.05) is 51.4 Å². The summed E-state index contributed by atoms with van der Waals surface area (Å²) >= 11 is 0.